The molecule has 0 aromatic heterocycles. The predicted molar refractivity (Wildman–Crippen MR) is 351 cm³/mol. The number of hydrogen-bond acceptors (Lipinski definition) is 12. The smallest absolute Gasteiger partial charge is 0.182 e. The minimum absolute atomic E-state index is 0.0625. The summed E-state index contributed by atoms with van der Waals surface area (Å²) in [5, 5.41) is 32.1. The second-order valence-electron chi connectivity index (χ2n) is 25.3. The zero-order valence-electron chi connectivity index (χ0n) is 51.7. The van der Waals surface area contributed by atoms with Crippen LogP contribution >= 0.6 is 0 Å². The molecule has 12 rings (SSSR count). The number of aromatic hydroxyl groups is 3. The highest BCUT2D eigenvalue weighted by atomic mass is 16.3. The Kier molecular flexibility index (Phi) is 17.2. The maximum atomic E-state index is 12.9. The van der Waals surface area contributed by atoms with E-state index in [4.69, 9.17) is 13.3 Å². The average Bonchev–Trinajstić information content (AvgIpc) is 0.873. The highest BCUT2D eigenvalue weighted by Gasteiger charge is 2.28. The second-order valence-corrected chi connectivity index (χ2v) is 25.3. The number of fused-ring (bicyclic) bond motifs is 6. The van der Waals surface area contributed by atoms with Crippen molar-refractivity contribution in [2.24, 2.45) is 16.2 Å². The topological polar surface area (TPSA) is 203 Å². The Morgan fingerprint density at radius 2 is 0.670 bits per heavy atom. The molecule has 88 heavy (non-hydrogen) atoms. The minimum Gasteiger partial charge on any atom is -0.508 e. The monoisotopic (exact) mass is 1170 g/mol. The third-order valence-electron chi connectivity index (χ3n) is 15.4. The first kappa shape index (κ1) is 62.3. The molecule has 6 aromatic rings. The number of carbonyl (C=O) groups excluding carboxylic acids is 3. The summed E-state index contributed by atoms with van der Waals surface area (Å²) in [6, 6.07) is 48.8. The molecule has 12 heteroatoms. The third kappa shape index (κ3) is 13.3. The molecule has 0 saturated carbocycles. The van der Waals surface area contributed by atoms with E-state index in [0.717, 1.165) is 82.9 Å². The number of hydrogen-bond donors (Lipinski definition) is 3. The van der Waals surface area contributed by atoms with Crippen LogP contribution in [-0.2, 0) is 4.79 Å². The number of phenols is 3. The van der Waals surface area contributed by atoms with Gasteiger partial charge in [-0.1, -0.05) is 111 Å². The summed E-state index contributed by atoms with van der Waals surface area (Å²) >= 11 is 0. The Labute approximate surface area is 510 Å². The zero-order valence-corrected chi connectivity index (χ0v) is 51.7. The van der Waals surface area contributed by atoms with Crippen molar-refractivity contribution >= 4 is 50.3 Å². The van der Waals surface area contributed by atoms with E-state index in [-0.39, 0.29) is 56.3 Å². The Hall–Kier alpha value is -10.2. The molecule has 3 aliphatic heterocycles. The van der Waals surface area contributed by atoms with Crippen LogP contribution in [0.3, 0.4) is 0 Å². The molecule has 0 saturated heterocycles. The van der Waals surface area contributed by atoms with E-state index in [1.165, 1.54) is 36.4 Å². The fourth-order valence-electron chi connectivity index (χ4n) is 10.3. The molecule has 6 aliphatic rings. The first-order valence-corrected chi connectivity index (χ1v) is 28.9. The lowest BCUT2D eigenvalue weighted by molar-refractivity contribution is -0.124. The molecule has 0 fully saturated rings. The van der Waals surface area contributed by atoms with Crippen molar-refractivity contribution in [3.05, 3.63) is 228 Å². The number of ketones is 3. The molecular weight excluding hydrogens is 1100 g/mol. The fraction of sp³-hybridized carbons (Fsp3) is 0.211. The number of Topliss-reactive ketones (excluding diaryl/α,β-unsaturated/α-hetero) is 3. The highest BCUT2D eigenvalue weighted by Crippen LogP contribution is 2.45. The minimum atomic E-state index is -0.494. The van der Waals surface area contributed by atoms with Crippen molar-refractivity contribution in [3.63, 3.8) is 0 Å². The van der Waals surface area contributed by atoms with E-state index < -0.39 is 10.8 Å². The van der Waals surface area contributed by atoms with Crippen LogP contribution in [0.25, 0.3) is 100 Å². The van der Waals surface area contributed by atoms with Crippen LogP contribution in [0.15, 0.2) is 197 Å². The molecule has 3 aliphatic carbocycles. The summed E-state index contributed by atoms with van der Waals surface area (Å²) in [7, 11) is 0. The van der Waals surface area contributed by atoms with Crippen LogP contribution in [0, 0.1) is 37.0 Å². The van der Waals surface area contributed by atoms with Gasteiger partial charge in [0.15, 0.2) is 27.9 Å². The fourth-order valence-corrected chi connectivity index (χ4v) is 10.3. The van der Waals surface area contributed by atoms with Gasteiger partial charge in [-0.2, -0.15) is 0 Å². The largest absolute Gasteiger partial charge is 0.508 e. The van der Waals surface area contributed by atoms with E-state index in [1.54, 1.807) is 67.6 Å². The molecule has 3 heterocycles. The number of carbonyl (C=O) groups is 3. The van der Waals surface area contributed by atoms with Crippen LogP contribution in [0.2, 0.25) is 0 Å². The van der Waals surface area contributed by atoms with Gasteiger partial charge in [0.25, 0.3) is 0 Å². The molecule has 0 unspecified atom stereocenters. The van der Waals surface area contributed by atoms with Crippen LogP contribution < -0.4 is 16.3 Å². The van der Waals surface area contributed by atoms with Crippen LogP contribution in [0.1, 0.15) is 107 Å². The number of aryl methyl sites for hydroxylation is 3. The molecular formula is C76H70O12. The van der Waals surface area contributed by atoms with Gasteiger partial charge in [-0.25, -0.2) is 0 Å². The van der Waals surface area contributed by atoms with Gasteiger partial charge in [0.05, 0.1) is 0 Å². The van der Waals surface area contributed by atoms with Crippen molar-refractivity contribution in [1.82, 2.24) is 0 Å². The molecule has 12 nitrogen and oxygen atoms in total. The summed E-state index contributed by atoms with van der Waals surface area (Å²) in [4.78, 5) is 71.5. The van der Waals surface area contributed by atoms with Crippen LogP contribution in [0.4, 0.5) is 0 Å². The summed E-state index contributed by atoms with van der Waals surface area (Å²) in [5.41, 5.74) is 12.7. The Morgan fingerprint density at radius 3 is 1.03 bits per heavy atom. The van der Waals surface area contributed by atoms with E-state index >= 15 is 0 Å². The maximum Gasteiger partial charge on any atom is 0.182 e. The van der Waals surface area contributed by atoms with Gasteiger partial charge in [-0.05, 0) is 146 Å². The number of phenolic OH excluding ortho intramolecular Hbond substituents is 3. The molecule has 0 radical (unpaired) electrons. The molecule has 3 N–H and O–H groups in total. The lowest BCUT2D eigenvalue weighted by Gasteiger charge is -2.20. The van der Waals surface area contributed by atoms with Gasteiger partial charge in [0.2, 0.25) is 0 Å². The second kappa shape index (κ2) is 24.3. The van der Waals surface area contributed by atoms with E-state index in [1.807, 2.05) is 137 Å². The van der Waals surface area contributed by atoms with E-state index in [9.17, 15) is 44.1 Å². The molecule has 6 aromatic carbocycles. The molecule has 0 amide bonds. The Morgan fingerprint density at radius 1 is 0.341 bits per heavy atom. The SMILES string of the molecule is CC(=O)C(C)(C)C.Cc1cc(C(=O)C(C)(C)C)ccc1-c1c2ccc(=O)cc-2oc2cc(O)ccc12.Cc1ccc(C(=O)C(C)(C)C)cc1-c1c2ccc(=O)cc-2oc2cc(O)ccc12.Cc1ccccc1-c1c2ccc(=O)cc-2oc2cc(O)ccc12. The quantitative estimate of drug-likeness (QED) is 0.109. The first-order chi connectivity index (χ1) is 41.4. The van der Waals surface area contributed by atoms with Gasteiger partial charge in [0, 0.05) is 113 Å². The third-order valence-corrected chi connectivity index (χ3v) is 15.4. The van der Waals surface area contributed by atoms with Gasteiger partial charge in [-0.15, -0.1) is 0 Å². The normalized spacial score (nSPS) is 11.6. The summed E-state index contributed by atoms with van der Waals surface area (Å²) < 4.78 is 17.7. The summed E-state index contributed by atoms with van der Waals surface area (Å²) in [5.74, 6) is 2.12. The van der Waals surface area contributed by atoms with Crippen LogP contribution in [-0.4, -0.2) is 32.7 Å². The zero-order chi connectivity index (χ0) is 63.9. The number of benzene rings is 9. The Bertz CT molecular complexity index is 4780. The van der Waals surface area contributed by atoms with Crippen molar-refractivity contribution < 1.29 is 43.0 Å². The van der Waals surface area contributed by atoms with E-state index in [2.05, 4.69) is 19.1 Å². The predicted octanol–water partition coefficient (Wildman–Crippen LogP) is 17.8. The molecule has 0 bridgehead atoms. The Balaban J connectivity index is 0.000000150. The first-order valence-electron chi connectivity index (χ1n) is 28.9. The summed E-state index contributed by atoms with van der Waals surface area (Å²) in [6.45, 7) is 24.8. The van der Waals surface area contributed by atoms with Crippen molar-refractivity contribution in [2.45, 2.75) is 90.0 Å². The van der Waals surface area contributed by atoms with Gasteiger partial charge >= 0.3 is 0 Å². The number of rotatable bonds is 5. The van der Waals surface area contributed by atoms with Crippen molar-refractivity contribution in [2.75, 3.05) is 0 Å². The van der Waals surface area contributed by atoms with E-state index in [0.29, 0.717) is 45.2 Å². The maximum absolute atomic E-state index is 12.9. The van der Waals surface area contributed by atoms with Gasteiger partial charge in [0.1, 0.15) is 57.1 Å². The van der Waals surface area contributed by atoms with Crippen molar-refractivity contribution in [3.8, 4) is 84.6 Å². The highest BCUT2D eigenvalue weighted by molar-refractivity contribution is 6.08. The summed E-state index contributed by atoms with van der Waals surface area (Å²) in [6.07, 6.45) is 0. The average molecular weight is 1180 g/mol. The van der Waals surface area contributed by atoms with Gasteiger partial charge in [-0.3, -0.25) is 28.8 Å². The standard InChI is InChI=1S/2C25H22O4.C20H14O3.C6H12O/c1-14-11-15(24(28)25(2,3)4)5-8-18(14)23-19-9-6-16(26)12-21(19)29-22-13-17(27)7-10-20(22)23;1-14-5-6-15(24(28)25(2,3)4)11-20(14)23-18-9-7-16(26)12-21(18)29-22-13-17(27)8-10-19(22)23;1-12-4-2-3-5-15(12)20-16-8-6-13(21)10-18(16)23-19-11-14(22)7-9-17(19)20;1-5(7)6(2,3)4/h2*5-13,26H,1-4H3;2-11,21H,1H3;1-4H3. The van der Waals surface area contributed by atoms with Gasteiger partial charge < -0.3 is 28.6 Å². The lowest BCUT2D eigenvalue weighted by Crippen LogP contribution is -2.20. The molecule has 446 valence electrons. The molecule has 0 spiro atoms. The molecule has 0 atom stereocenters. The van der Waals surface area contributed by atoms with Crippen LogP contribution in [0.5, 0.6) is 17.2 Å². The van der Waals surface area contributed by atoms with Crippen molar-refractivity contribution in [1.29, 1.82) is 0 Å². The lowest BCUT2D eigenvalue weighted by atomic mass is 9.84.